The van der Waals surface area contributed by atoms with Crippen LogP contribution in [0.3, 0.4) is 0 Å². The van der Waals surface area contributed by atoms with Gasteiger partial charge >= 0.3 is 5.97 Å². The molecular formula is C32H46O2. The van der Waals surface area contributed by atoms with Crippen molar-refractivity contribution in [3.05, 3.63) is 94.4 Å². The van der Waals surface area contributed by atoms with E-state index in [0.29, 0.717) is 5.76 Å². The maximum Gasteiger partial charge on any atom is 0.336 e. The first-order valence-corrected chi connectivity index (χ1v) is 12.3. The number of allylic oxidation sites excluding steroid dienone is 13. The average molecular weight is 463 g/mol. The Balaban J connectivity index is 2.87. The molecule has 0 unspecified atom stereocenters. The van der Waals surface area contributed by atoms with Crippen LogP contribution in [0.4, 0.5) is 0 Å². The molecule has 0 aromatic heterocycles. The van der Waals surface area contributed by atoms with Gasteiger partial charge < -0.3 is 4.74 Å². The lowest BCUT2D eigenvalue weighted by atomic mass is 9.72. The van der Waals surface area contributed by atoms with E-state index in [-0.39, 0.29) is 10.8 Å². The number of hydrogen-bond donors (Lipinski definition) is 0. The molecule has 0 aromatic carbocycles. The molecule has 1 aliphatic carbocycles. The van der Waals surface area contributed by atoms with Crippen molar-refractivity contribution in [1.82, 2.24) is 0 Å². The lowest BCUT2D eigenvalue weighted by Gasteiger charge is -2.32. The van der Waals surface area contributed by atoms with E-state index in [1.165, 1.54) is 47.6 Å². The van der Waals surface area contributed by atoms with Crippen LogP contribution < -0.4 is 0 Å². The van der Waals surface area contributed by atoms with Crippen molar-refractivity contribution in [3.63, 3.8) is 0 Å². The third kappa shape index (κ3) is 9.71. The largest absolute Gasteiger partial charge is 0.423 e. The van der Waals surface area contributed by atoms with Crippen molar-refractivity contribution in [2.24, 2.45) is 10.8 Å². The van der Waals surface area contributed by atoms with Gasteiger partial charge in [-0.2, -0.15) is 0 Å². The topological polar surface area (TPSA) is 26.3 Å². The highest BCUT2D eigenvalue weighted by Crippen LogP contribution is 2.40. The van der Waals surface area contributed by atoms with Gasteiger partial charge in [0, 0.05) is 6.08 Å². The summed E-state index contributed by atoms with van der Waals surface area (Å²) in [4.78, 5) is 12.4. The number of esters is 1. The van der Waals surface area contributed by atoms with Crippen LogP contribution in [0, 0.1) is 10.8 Å². The average Bonchev–Trinajstić information content (AvgIpc) is 2.68. The second-order valence-corrected chi connectivity index (χ2v) is 11.3. The van der Waals surface area contributed by atoms with Crippen molar-refractivity contribution in [2.45, 2.75) is 88.5 Å². The molecule has 0 spiro atoms. The molecule has 1 aliphatic rings. The van der Waals surface area contributed by atoms with E-state index < -0.39 is 5.97 Å². The molecular weight excluding hydrogens is 416 g/mol. The van der Waals surface area contributed by atoms with Gasteiger partial charge in [-0.15, -0.1) is 0 Å². The molecule has 0 N–H and O–H groups in total. The summed E-state index contributed by atoms with van der Waals surface area (Å²) in [5, 5.41) is 0. The van der Waals surface area contributed by atoms with Crippen LogP contribution in [0.25, 0.3) is 0 Å². The van der Waals surface area contributed by atoms with Gasteiger partial charge in [0.15, 0.2) is 0 Å². The van der Waals surface area contributed by atoms with E-state index in [2.05, 4.69) is 87.1 Å². The predicted molar refractivity (Wildman–Crippen MR) is 148 cm³/mol. The molecule has 0 aliphatic heterocycles. The first-order chi connectivity index (χ1) is 15.7. The minimum atomic E-state index is -0.405. The fourth-order valence-electron chi connectivity index (χ4n) is 4.40. The predicted octanol–water partition coefficient (Wildman–Crippen LogP) is 9.51. The van der Waals surface area contributed by atoms with Gasteiger partial charge in [0.05, 0.1) is 0 Å². The van der Waals surface area contributed by atoms with Crippen LogP contribution in [0.2, 0.25) is 0 Å². The summed E-state index contributed by atoms with van der Waals surface area (Å²) < 4.78 is 5.54. The van der Waals surface area contributed by atoms with Crippen molar-refractivity contribution < 1.29 is 9.53 Å². The first-order valence-electron chi connectivity index (χ1n) is 12.3. The van der Waals surface area contributed by atoms with Crippen molar-refractivity contribution in [2.75, 3.05) is 0 Å². The molecule has 0 saturated carbocycles. The molecule has 0 fully saturated rings. The highest BCUT2D eigenvalue weighted by atomic mass is 16.5. The summed E-state index contributed by atoms with van der Waals surface area (Å²) in [6.45, 7) is 25.3. The number of hydrogen-bond acceptors (Lipinski definition) is 2. The standard InChI is InChI=1S/C32H46O2/c1-12-27(22-29(23(2)3)31(7,8)9)34-30(33)21-25(5)16-13-15-24(4)18-19-28-26(6)17-14-20-32(28,10)11/h12-13,15-16,18-19,21-22H,1,14,17,20H2,2-11H3/b16-13+,19-18+,24-15+,25-21+,27-22+. The molecule has 0 bridgehead atoms. The van der Waals surface area contributed by atoms with Crippen molar-refractivity contribution in [1.29, 1.82) is 0 Å². The van der Waals surface area contributed by atoms with Crippen LogP contribution in [0.5, 0.6) is 0 Å². The fraction of sp³-hybridized carbons (Fsp3) is 0.469. The van der Waals surface area contributed by atoms with Gasteiger partial charge in [-0.1, -0.05) is 88.3 Å². The van der Waals surface area contributed by atoms with E-state index in [4.69, 9.17) is 4.74 Å². The molecule has 2 heteroatoms. The zero-order valence-corrected chi connectivity index (χ0v) is 23.3. The highest BCUT2D eigenvalue weighted by Gasteiger charge is 2.26. The number of carbonyl (C=O) groups is 1. The van der Waals surface area contributed by atoms with E-state index in [0.717, 1.165) is 11.1 Å². The zero-order valence-electron chi connectivity index (χ0n) is 23.3. The molecule has 0 aromatic rings. The van der Waals surface area contributed by atoms with Crippen molar-refractivity contribution in [3.8, 4) is 0 Å². The van der Waals surface area contributed by atoms with Gasteiger partial charge in [-0.05, 0) is 93.6 Å². The Bertz CT molecular complexity index is 973. The van der Waals surface area contributed by atoms with E-state index in [1.54, 1.807) is 6.08 Å². The third-order valence-electron chi connectivity index (χ3n) is 6.17. The van der Waals surface area contributed by atoms with Crippen LogP contribution in [-0.4, -0.2) is 5.97 Å². The Labute approximate surface area is 209 Å². The summed E-state index contributed by atoms with van der Waals surface area (Å²) in [6, 6.07) is 0. The second kappa shape index (κ2) is 12.7. The molecule has 186 valence electrons. The molecule has 0 saturated heterocycles. The lowest BCUT2D eigenvalue weighted by Crippen LogP contribution is -2.19. The highest BCUT2D eigenvalue weighted by molar-refractivity contribution is 5.84. The van der Waals surface area contributed by atoms with Crippen LogP contribution >= 0.6 is 0 Å². The summed E-state index contributed by atoms with van der Waals surface area (Å²) in [6.07, 6.45) is 19.1. The van der Waals surface area contributed by atoms with Crippen LogP contribution in [-0.2, 0) is 9.53 Å². The summed E-state index contributed by atoms with van der Waals surface area (Å²) in [5.74, 6) is 0.0538. The quantitative estimate of drug-likeness (QED) is 0.155. The van der Waals surface area contributed by atoms with Gasteiger partial charge in [0.2, 0.25) is 0 Å². The molecule has 1 rings (SSSR count). The second-order valence-electron chi connectivity index (χ2n) is 11.3. The van der Waals surface area contributed by atoms with Gasteiger partial charge in [-0.25, -0.2) is 4.79 Å². The smallest absolute Gasteiger partial charge is 0.336 e. The Morgan fingerprint density at radius 1 is 1.03 bits per heavy atom. The SMILES string of the molecule is C=C/C(=C\C(=C(C)C)C(C)(C)C)OC(=O)/C=C(C)/C=C/C=C(C)/C=C/C1=C(C)CCCC1(C)C. The summed E-state index contributed by atoms with van der Waals surface area (Å²) in [5.41, 5.74) is 7.47. The monoisotopic (exact) mass is 462 g/mol. The third-order valence-corrected chi connectivity index (χ3v) is 6.17. The maximum atomic E-state index is 12.4. The molecule has 0 amide bonds. The Kier molecular flexibility index (Phi) is 11.0. The molecule has 0 radical (unpaired) electrons. The number of ether oxygens (including phenoxy) is 1. The van der Waals surface area contributed by atoms with Gasteiger partial charge in [0.1, 0.15) is 5.76 Å². The molecule has 0 atom stereocenters. The van der Waals surface area contributed by atoms with Gasteiger partial charge in [0.25, 0.3) is 0 Å². The van der Waals surface area contributed by atoms with E-state index in [9.17, 15) is 4.79 Å². The summed E-state index contributed by atoms with van der Waals surface area (Å²) in [7, 11) is 0. The van der Waals surface area contributed by atoms with Crippen LogP contribution in [0.1, 0.15) is 88.5 Å². The zero-order chi connectivity index (χ0) is 26.1. The van der Waals surface area contributed by atoms with Crippen molar-refractivity contribution >= 4 is 5.97 Å². The minimum Gasteiger partial charge on any atom is -0.423 e. The number of rotatable bonds is 8. The Hall–Kier alpha value is -2.61. The maximum absolute atomic E-state index is 12.4. The number of carbonyl (C=O) groups excluding carboxylic acids is 1. The minimum absolute atomic E-state index is 0.0470. The molecule has 2 nitrogen and oxygen atoms in total. The lowest BCUT2D eigenvalue weighted by molar-refractivity contribution is -0.133. The Morgan fingerprint density at radius 2 is 1.68 bits per heavy atom. The fourth-order valence-corrected chi connectivity index (χ4v) is 4.40. The molecule has 34 heavy (non-hydrogen) atoms. The van der Waals surface area contributed by atoms with E-state index in [1.807, 2.05) is 25.2 Å². The normalized spacial score (nSPS) is 18.0. The Morgan fingerprint density at radius 3 is 2.21 bits per heavy atom. The summed E-state index contributed by atoms with van der Waals surface area (Å²) >= 11 is 0. The molecule has 0 heterocycles. The first kappa shape index (κ1) is 29.4. The van der Waals surface area contributed by atoms with Crippen LogP contribution in [0.15, 0.2) is 94.4 Å². The van der Waals surface area contributed by atoms with E-state index >= 15 is 0 Å². The van der Waals surface area contributed by atoms with Gasteiger partial charge in [-0.3, -0.25) is 0 Å².